The van der Waals surface area contributed by atoms with Crippen molar-refractivity contribution in [3.8, 4) is 17.3 Å². The van der Waals surface area contributed by atoms with E-state index in [2.05, 4.69) is 99.9 Å². The second-order valence-corrected chi connectivity index (χ2v) is 11.9. The van der Waals surface area contributed by atoms with Crippen molar-refractivity contribution in [1.82, 2.24) is 9.55 Å². The minimum atomic E-state index is 0. The minimum Gasteiger partial charge on any atom is -0.509 e. The van der Waals surface area contributed by atoms with Crippen molar-refractivity contribution >= 4 is 71.6 Å². The zero-order valence-corrected chi connectivity index (χ0v) is 27.9. The molecule has 1 aliphatic heterocycles. The van der Waals surface area contributed by atoms with Gasteiger partial charge in [-0.25, -0.2) is 4.98 Å². The van der Waals surface area contributed by atoms with E-state index in [4.69, 9.17) is 14.1 Å². The van der Waals surface area contributed by atoms with Crippen molar-refractivity contribution in [3.05, 3.63) is 146 Å². The summed E-state index contributed by atoms with van der Waals surface area (Å²) in [7, 11) is 2.05. The van der Waals surface area contributed by atoms with E-state index in [-0.39, 0.29) is 21.1 Å². The van der Waals surface area contributed by atoms with Gasteiger partial charge in [-0.2, -0.15) is 18.8 Å². The van der Waals surface area contributed by atoms with Crippen LogP contribution in [0.15, 0.2) is 132 Å². The van der Waals surface area contributed by atoms with E-state index in [0.29, 0.717) is 11.5 Å². The van der Waals surface area contributed by atoms with Gasteiger partial charge in [0, 0.05) is 72.5 Å². The fourth-order valence-electron chi connectivity index (χ4n) is 6.85. The van der Waals surface area contributed by atoms with E-state index in [0.717, 1.165) is 72.0 Å². The smallest absolute Gasteiger partial charge is 0.140 e. The van der Waals surface area contributed by atoms with Gasteiger partial charge in [0.2, 0.25) is 0 Å². The predicted octanol–water partition coefficient (Wildman–Crippen LogP) is 10.3. The summed E-state index contributed by atoms with van der Waals surface area (Å²) in [6, 6.07) is 48.3. The maximum atomic E-state index is 6.42. The number of hydrogen-bond acceptors (Lipinski definition) is 5. The summed E-state index contributed by atoms with van der Waals surface area (Å²) < 4.78 is 15.0. The second kappa shape index (κ2) is 11.0. The molecule has 0 saturated heterocycles. The molecule has 6 aromatic carbocycles. The quantitative estimate of drug-likeness (QED) is 0.166. The molecule has 10 rings (SSSR count). The summed E-state index contributed by atoms with van der Waals surface area (Å²) in [5, 5.41) is 6.55. The Bertz CT molecular complexity index is 2690. The summed E-state index contributed by atoms with van der Waals surface area (Å²) in [4.78, 5) is 9.20. The first-order valence-corrected chi connectivity index (χ1v) is 15.5. The summed E-state index contributed by atoms with van der Waals surface area (Å²) >= 11 is 0. The molecular formula is C41H25N4O2Pt-3. The van der Waals surface area contributed by atoms with Crippen LogP contribution in [0.5, 0.6) is 11.5 Å². The van der Waals surface area contributed by atoms with Gasteiger partial charge < -0.3 is 23.5 Å². The largest absolute Gasteiger partial charge is 0.509 e. The van der Waals surface area contributed by atoms with Gasteiger partial charge in [-0.3, -0.25) is 0 Å². The first kappa shape index (κ1) is 28.6. The molecule has 6 nitrogen and oxygen atoms in total. The maximum absolute atomic E-state index is 6.42. The molecule has 48 heavy (non-hydrogen) atoms. The zero-order chi connectivity index (χ0) is 31.1. The number of rotatable bonds is 4. The number of para-hydroxylation sites is 3. The molecule has 234 valence electrons. The third-order valence-electron chi connectivity index (χ3n) is 9.04. The van der Waals surface area contributed by atoms with Crippen LogP contribution in [0.2, 0.25) is 0 Å². The Balaban J connectivity index is 0.00000314. The molecule has 0 saturated carbocycles. The molecule has 0 spiro atoms. The molecule has 0 aliphatic carbocycles. The molecule has 4 heterocycles. The molecule has 0 radical (unpaired) electrons. The number of ether oxygens (including phenoxy) is 1. The van der Waals surface area contributed by atoms with E-state index in [9.17, 15) is 0 Å². The number of hydrogen-bond donors (Lipinski definition) is 0. The number of fused-ring (bicyclic) bond motifs is 8. The fourth-order valence-corrected chi connectivity index (χ4v) is 6.85. The predicted molar refractivity (Wildman–Crippen MR) is 189 cm³/mol. The number of aromatic nitrogens is 2. The van der Waals surface area contributed by atoms with Crippen LogP contribution in [0.1, 0.15) is 0 Å². The summed E-state index contributed by atoms with van der Waals surface area (Å²) in [6.45, 7) is 2.06. The Morgan fingerprint density at radius 3 is 2.31 bits per heavy atom. The normalized spacial score (nSPS) is 12.8. The maximum Gasteiger partial charge on any atom is 0.140 e. The van der Waals surface area contributed by atoms with Gasteiger partial charge in [0.05, 0.1) is 0 Å². The van der Waals surface area contributed by atoms with Crippen LogP contribution in [0.4, 0.5) is 17.1 Å². The Morgan fingerprint density at radius 1 is 0.667 bits per heavy atom. The Labute approximate surface area is 290 Å². The van der Waals surface area contributed by atoms with Crippen molar-refractivity contribution in [2.24, 2.45) is 0 Å². The third-order valence-corrected chi connectivity index (χ3v) is 9.04. The number of anilines is 3. The molecule has 9 aromatic rings. The number of nitrogens with zero attached hydrogens (tertiary/aromatic N) is 4. The first-order chi connectivity index (χ1) is 23.2. The SMILES string of the molecule is CN1[CH-]N(c2[c-]c(Oc3[c-]c4c(cc3)c3ccccc3n4-c3cc4oc5cc6ccccc6cc5c4cn3)ccc2)c2ccccc21.[Pt]. The van der Waals surface area contributed by atoms with Crippen LogP contribution in [-0.2, 0) is 21.1 Å². The summed E-state index contributed by atoms with van der Waals surface area (Å²) in [5.74, 6) is 1.95. The standard InChI is InChI=1S/C41H25N4O2.Pt/c1-43-25-44(37-16-7-6-15-36(37)43)28-11-8-12-29(21-28)46-30-17-18-32-31-13-4-5-14-35(31)45(38(32)22-30)41-23-40-34(24-42-41)33-19-26-9-2-3-10-27(26)20-39(33)47-40;/h2-20,23-25H,1H3;/q-3;. The zero-order valence-electron chi connectivity index (χ0n) is 25.6. The van der Waals surface area contributed by atoms with Gasteiger partial charge in [-0.05, 0) is 53.5 Å². The third kappa shape index (κ3) is 4.40. The monoisotopic (exact) mass is 800 g/mol. The van der Waals surface area contributed by atoms with Gasteiger partial charge in [-0.15, -0.1) is 41.4 Å². The van der Waals surface area contributed by atoms with Crippen LogP contribution >= 0.6 is 0 Å². The fraction of sp³-hybridized carbons (Fsp3) is 0.0244. The number of pyridine rings is 1. The molecule has 0 bridgehead atoms. The van der Waals surface area contributed by atoms with Gasteiger partial charge in [0.1, 0.15) is 17.0 Å². The Morgan fingerprint density at radius 2 is 1.42 bits per heavy atom. The first-order valence-electron chi connectivity index (χ1n) is 15.5. The number of benzene rings is 6. The average molecular weight is 801 g/mol. The van der Waals surface area contributed by atoms with E-state index >= 15 is 0 Å². The molecule has 0 fully saturated rings. The van der Waals surface area contributed by atoms with Crippen molar-refractivity contribution < 1.29 is 30.2 Å². The van der Waals surface area contributed by atoms with Gasteiger partial charge in [-0.1, -0.05) is 60.1 Å². The van der Waals surface area contributed by atoms with Crippen molar-refractivity contribution in [3.63, 3.8) is 0 Å². The van der Waals surface area contributed by atoms with Crippen LogP contribution in [0, 0.1) is 18.8 Å². The van der Waals surface area contributed by atoms with Crippen LogP contribution in [-0.4, -0.2) is 16.6 Å². The topological polar surface area (TPSA) is 46.7 Å². The Hall–Kier alpha value is -5.58. The molecule has 0 amide bonds. The van der Waals surface area contributed by atoms with Gasteiger partial charge in [0.25, 0.3) is 0 Å². The molecule has 7 heteroatoms. The van der Waals surface area contributed by atoms with Crippen molar-refractivity contribution in [2.45, 2.75) is 0 Å². The summed E-state index contributed by atoms with van der Waals surface area (Å²) in [5.41, 5.74) is 6.68. The molecule has 3 aromatic heterocycles. The average Bonchev–Trinajstić information content (AvgIpc) is 3.75. The molecule has 0 unspecified atom stereocenters. The minimum absolute atomic E-state index is 0. The van der Waals surface area contributed by atoms with Crippen LogP contribution < -0.4 is 14.5 Å². The van der Waals surface area contributed by atoms with Crippen LogP contribution in [0.25, 0.3) is 60.3 Å². The second-order valence-electron chi connectivity index (χ2n) is 11.9. The molecule has 0 N–H and O–H groups in total. The summed E-state index contributed by atoms with van der Waals surface area (Å²) in [6.07, 6.45) is 1.91. The van der Waals surface area contributed by atoms with E-state index in [1.807, 2.05) is 67.8 Å². The van der Waals surface area contributed by atoms with E-state index in [1.165, 1.54) is 5.39 Å². The van der Waals surface area contributed by atoms with Crippen molar-refractivity contribution in [1.29, 1.82) is 0 Å². The van der Waals surface area contributed by atoms with Crippen molar-refractivity contribution in [2.75, 3.05) is 16.8 Å². The Kier molecular flexibility index (Phi) is 6.56. The molecule has 0 atom stereocenters. The molecular weight excluding hydrogens is 776 g/mol. The number of furan rings is 1. The van der Waals surface area contributed by atoms with Gasteiger partial charge in [0.15, 0.2) is 0 Å². The van der Waals surface area contributed by atoms with Crippen LogP contribution in [0.3, 0.4) is 0 Å². The van der Waals surface area contributed by atoms with E-state index in [1.54, 1.807) is 0 Å². The van der Waals surface area contributed by atoms with Gasteiger partial charge >= 0.3 is 0 Å². The van der Waals surface area contributed by atoms with E-state index < -0.39 is 0 Å². The molecule has 1 aliphatic rings.